The molecule has 50 valence electrons. The van der Waals surface area contributed by atoms with Crippen LogP contribution in [-0.4, -0.2) is 9.97 Å². The van der Waals surface area contributed by atoms with Crippen LogP contribution in [0, 0.1) is 17.3 Å². The molecule has 0 atom stereocenters. The Morgan fingerprint density at radius 2 is 2.40 bits per heavy atom. The van der Waals surface area contributed by atoms with E-state index in [0.29, 0.717) is 0 Å². The Morgan fingerprint density at radius 1 is 1.70 bits per heavy atom. The Hall–Kier alpha value is -1.02. The van der Waals surface area contributed by atoms with Gasteiger partial charge >= 0.3 is 0 Å². The van der Waals surface area contributed by atoms with E-state index >= 15 is 0 Å². The van der Waals surface area contributed by atoms with Gasteiger partial charge in [0.05, 0.1) is 6.20 Å². The van der Waals surface area contributed by atoms with Gasteiger partial charge in [0.15, 0.2) is 5.69 Å². The summed E-state index contributed by atoms with van der Waals surface area (Å²) in [6.07, 6.45) is 0.892. The number of hydrogen-bond acceptors (Lipinski definition) is 3. The van der Waals surface area contributed by atoms with Crippen molar-refractivity contribution in [2.75, 3.05) is 0 Å². The van der Waals surface area contributed by atoms with E-state index in [4.69, 9.17) is 5.26 Å². The van der Waals surface area contributed by atoms with Gasteiger partial charge in [0.25, 0.3) is 0 Å². The number of rotatable bonds is 0. The zero-order chi connectivity index (χ0) is 7.56. The predicted octanol–water partition coefficient (Wildman–Crippen LogP) is 1.25. The maximum Gasteiger partial charge on any atom is 0.232 e. The predicted molar refractivity (Wildman–Crippen MR) is 34.4 cm³/mol. The largest absolute Gasteiger partial charge is 0.238 e. The van der Waals surface area contributed by atoms with Gasteiger partial charge in [-0.15, -0.1) is 0 Å². The summed E-state index contributed by atoms with van der Waals surface area (Å²) in [5.74, 6) is -0.703. The van der Waals surface area contributed by atoms with Crippen molar-refractivity contribution >= 4 is 15.9 Å². The summed E-state index contributed by atoms with van der Waals surface area (Å²) in [6.45, 7) is 0. The molecule has 0 bridgehead atoms. The van der Waals surface area contributed by atoms with Crippen LogP contribution < -0.4 is 0 Å². The first-order valence-corrected chi connectivity index (χ1v) is 3.11. The molecule has 1 heterocycles. The minimum Gasteiger partial charge on any atom is -0.238 e. The van der Waals surface area contributed by atoms with Gasteiger partial charge in [-0.05, 0) is 15.9 Å². The minimum atomic E-state index is -0.703. The molecule has 0 radical (unpaired) electrons. The van der Waals surface area contributed by atoms with Gasteiger partial charge in [-0.2, -0.15) is 9.65 Å². The lowest BCUT2D eigenvalue weighted by Gasteiger charge is -1.90. The standard InChI is InChI=1S/C5HBrFN3/c6-5-3(1-8)9-2-4(7)10-5/h2H. The van der Waals surface area contributed by atoms with Crippen LogP contribution in [0.5, 0.6) is 0 Å². The fourth-order valence-corrected chi connectivity index (χ4v) is 0.782. The van der Waals surface area contributed by atoms with Crippen LogP contribution in [0.25, 0.3) is 0 Å². The summed E-state index contributed by atoms with van der Waals surface area (Å²) in [4.78, 5) is 6.76. The molecule has 0 amide bonds. The van der Waals surface area contributed by atoms with Gasteiger partial charge in [-0.3, -0.25) is 0 Å². The molecule has 0 aliphatic heterocycles. The molecule has 10 heavy (non-hydrogen) atoms. The van der Waals surface area contributed by atoms with Crippen LogP contribution in [0.3, 0.4) is 0 Å². The minimum absolute atomic E-state index is 0.0846. The maximum atomic E-state index is 12.2. The molecule has 1 rings (SSSR count). The van der Waals surface area contributed by atoms with Crippen LogP contribution >= 0.6 is 15.9 Å². The van der Waals surface area contributed by atoms with Crippen molar-refractivity contribution in [2.24, 2.45) is 0 Å². The average Bonchev–Trinajstić information content (AvgIpc) is 1.88. The van der Waals surface area contributed by atoms with Crippen molar-refractivity contribution in [2.45, 2.75) is 0 Å². The molecule has 0 unspecified atom stereocenters. The molecule has 0 aliphatic carbocycles. The topological polar surface area (TPSA) is 49.6 Å². The molecule has 0 aliphatic rings. The number of aromatic nitrogens is 2. The monoisotopic (exact) mass is 201 g/mol. The van der Waals surface area contributed by atoms with E-state index in [2.05, 4.69) is 25.9 Å². The zero-order valence-electron chi connectivity index (χ0n) is 4.67. The molecule has 1 aromatic heterocycles. The first-order valence-electron chi connectivity index (χ1n) is 2.32. The number of halogens is 2. The highest BCUT2D eigenvalue weighted by Gasteiger charge is 2.01. The summed E-state index contributed by atoms with van der Waals surface area (Å²) in [5.41, 5.74) is 0.0846. The molecule has 0 N–H and O–H groups in total. The van der Waals surface area contributed by atoms with E-state index in [0.717, 1.165) is 6.20 Å². The second-order valence-electron chi connectivity index (χ2n) is 1.44. The Morgan fingerprint density at radius 3 is 2.90 bits per heavy atom. The Kier molecular flexibility index (Phi) is 1.92. The van der Waals surface area contributed by atoms with Gasteiger partial charge in [-0.25, -0.2) is 9.97 Å². The highest BCUT2D eigenvalue weighted by atomic mass is 79.9. The highest BCUT2D eigenvalue weighted by Crippen LogP contribution is 2.08. The Bertz CT molecular complexity index is 293. The van der Waals surface area contributed by atoms with Crippen molar-refractivity contribution in [3.8, 4) is 6.07 Å². The average molecular weight is 202 g/mol. The summed E-state index contributed by atoms with van der Waals surface area (Å²) in [6, 6.07) is 1.74. The molecule has 0 saturated carbocycles. The van der Waals surface area contributed by atoms with Crippen LogP contribution in [0.4, 0.5) is 4.39 Å². The molecule has 0 aromatic carbocycles. The van der Waals surface area contributed by atoms with Crippen molar-refractivity contribution in [1.29, 1.82) is 5.26 Å². The molecule has 0 fully saturated rings. The lowest BCUT2D eigenvalue weighted by Crippen LogP contribution is -1.90. The Balaban J connectivity index is 3.23. The maximum absolute atomic E-state index is 12.2. The fourth-order valence-electron chi connectivity index (χ4n) is 0.422. The second kappa shape index (κ2) is 2.71. The van der Waals surface area contributed by atoms with E-state index in [1.807, 2.05) is 0 Å². The third-order valence-corrected chi connectivity index (χ3v) is 1.36. The highest BCUT2D eigenvalue weighted by molar-refractivity contribution is 9.10. The normalized spacial score (nSPS) is 8.90. The quantitative estimate of drug-likeness (QED) is 0.635. The summed E-state index contributed by atoms with van der Waals surface area (Å²) in [5, 5.41) is 8.30. The zero-order valence-corrected chi connectivity index (χ0v) is 6.26. The van der Waals surface area contributed by atoms with Crippen LogP contribution in [0.2, 0.25) is 0 Å². The van der Waals surface area contributed by atoms with E-state index in [1.54, 1.807) is 6.07 Å². The van der Waals surface area contributed by atoms with Gasteiger partial charge in [0.1, 0.15) is 10.7 Å². The van der Waals surface area contributed by atoms with E-state index in [1.165, 1.54) is 0 Å². The molecule has 0 saturated heterocycles. The van der Waals surface area contributed by atoms with Crippen LogP contribution in [-0.2, 0) is 0 Å². The second-order valence-corrected chi connectivity index (χ2v) is 2.20. The molecule has 1 aromatic rings. The summed E-state index contributed by atoms with van der Waals surface area (Å²) >= 11 is 2.87. The van der Waals surface area contributed by atoms with E-state index < -0.39 is 5.95 Å². The SMILES string of the molecule is N#Cc1ncc(F)nc1Br. The third kappa shape index (κ3) is 1.28. The first kappa shape index (κ1) is 7.09. The number of nitriles is 1. The molecular formula is C5HBrFN3. The van der Waals surface area contributed by atoms with Crippen molar-refractivity contribution in [3.05, 3.63) is 22.4 Å². The Labute approximate surface area is 64.7 Å². The van der Waals surface area contributed by atoms with Crippen molar-refractivity contribution in [1.82, 2.24) is 9.97 Å². The molecule has 5 heteroatoms. The van der Waals surface area contributed by atoms with Crippen molar-refractivity contribution < 1.29 is 4.39 Å². The van der Waals surface area contributed by atoms with E-state index in [9.17, 15) is 4.39 Å². The van der Waals surface area contributed by atoms with Crippen molar-refractivity contribution in [3.63, 3.8) is 0 Å². The van der Waals surface area contributed by atoms with Gasteiger partial charge in [0.2, 0.25) is 5.95 Å². The van der Waals surface area contributed by atoms with Crippen LogP contribution in [0.15, 0.2) is 10.8 Å². The molecule has 0 spiro atoms. The third-order valence-electron chi connectivity index (χ3n) is 0.806. The van der Waals surface area contributed by atoms with Crippen LogP contribution in [0.1, 0.15) is 5.69 Å². The summed E-state index contributed by atoms with van der Waals surface area (Å²) in [7, 11) is 0. The van der Waals surface area contributed by atoms with Gasteiger partial charge in [-0.1, -0.05) is 0 Å². The smallest absolute Gasteiger partial charge is 0.232 e. The van der Waals surface area contributed by atoms with E-state index in [-0.39, 0.29) is 10.3 Å². The van der Waals surface area contributed by atoms with Gasteiger partial charge in [0, 0.05) is 0 Å². The number of hydrogen-bond donors (Lipinski definition) is 0. The lowest BCUT2D eigenvalue weighted by atomic mass is 10.5. The molecule has 3 nitrogen and oxygen atoms in total. The lowest BCUT2D eigenvalue weighted by molar-refractivity contribution is 0.572. The summed E-state index contributed by atoms with van der Waals surface area (Å²) < 4.78 is 12.3. The number of nitrogens with zero attached hydrogens (tertiary/aromatic N) is 3. The van der Waals surface area contributed by atoms with Gasteiger partial charge < -0.3 is 0 Å². The first-order chi connectivity index (χ1) is 4.74. The molecular weight excluding hydrogens is 201 g/mol. The fraction of sp³-hybridized carbons (Fsp3) is 0.